The number of aromatic nitrogens is 3. The minimum Gasteiger partial charge on any atom is -0.296 e. The van der Waals surface area contributed by atoms with Crippen LogP contribution in [0.3, 0.4) is 0 Å². The molecule has 2 aromatic heterocycles. The molecule has 0 saturated heterocycles. The van der Waals surface area contributed by atoms with Crippen molar-refractivity contribution in [3.05, 3.63) is 36.2 Å². The minimum atomic E-state index is -3.52. The lowest BCUT2D eigenvalue weighted by molar-refractivity contribution is 0.101. The van der Waals surface area contributed by atoms with Gasteiger partial charge in [-0.3, -0.25) is 14.8 Å². The van der Waals surface area contributed by atoms with Crippen LogP contribution in [0.25, 0.3) is 10.2 Å². The molecule has 1 N–H and O–H groups in total. The van der Waals surface area contributed by atoms with Gasteiger partial charge in [-0.25, -0.2) is 17.7 Å². The fraction of sp³-hybridized carbons (Fsp3) is 0.312. The first-order chi connectivity index (χ1) is 12.2. The molecule has 0 atom stereocenters. The fourth-order valence-electron chi connectivity index (χ4n) is 2.40. The summed E-state index contributed by atoms with van der Waals surface area (Å²) in [7, 11) is -0.556. The smallest absolute Gasteiger partial charge is 0.275 e. The van der Waals surface area contributed by atoms with Gasteiger partial charge in [0.2, 0.25) is 10.0 Å². The highest BCUT2D eigenvalue weighted by atomic mass is 32.2. The van der Waals surface area contributed by atoms with E-state index < -0.39 is 10.0 Å². The van der Waals surface area contributed by atoms with Gasteiger partial charge in [-0.05, 0) is 38.1 Å². The van der Waals surface area contributed by atoms with Gasteiger partial charge < -0.3 is 0 Å². The Kier molecular flexibility index (Phi) is 4.82. The maximum Gasteiger partial charge on any atom is 0.275 e. The van der Waals surface area contributed by atoms with E-state index in [2.05, 4.69) is 15.4 Å². The van der Waals surface area contributed by atoms with E-state index in [1.807, 2.05) is 13.8 Å². The standard InChI is InChI=1S/C16H19N5O3S2/c1-10(2)21-13(7-8-17-21)15(22)19-16-18-12-6-5-11(9-14(12)25-16)26(23,24)20(3)4/h5-10H,1-4H3,(H,18,19,22). The molecule has 1 aromatic carbocycles. The fourth-order valence-corrected chi connectivity index (χ4v) is 4.30. The van der Waals surface area contributed by atoms with Crippen LogP contribution in [-0.2, 0) is 10.0 Å². The van der Waals surface area contributed by atoms with Crippen LogP contribution in [0, 0.1) is 0 Å². The molecule has 0 fully saturated rings. The first kappa shape index (κ1) is 18.5. The Bertz CT molecular complexity index is 1070. The second kappa shape index (κ2) is 6.78. The Morgan fingerprint density at radius 3 is 2.65 bits per heavy atom. The summed E-state index contributed by atoms with van der Waals surface area (Å²) in [4.78, 5) is 17.0. The predicted molar refractivity (Wildman–Crippen MR) is 101 cm³/mol. The lowest BCUT2D eigenvalue weighted by Crippen LogP contribution is -2.22. The Labute approximate surface area is 155 Å². The van der Waals surface area contributed by atoms with Crippen LogP contribution in [0.1, 0.15) is 30.4 Å². The van der Waals surface area contributed by atoms with E-state index in [0.717, 1.165) is 4.31 Å². The molecule has 0 radical (unpaired) electrons. The van der Waals surface area contributed by atoms with Crippen molar-refractivity contribution in [3.63, 3.8) is 0 Å². The van der Waals surface area contributed by atoms with Crippen LogP contribution in [-0.4, -0.2) is 47.5 Å². The Balaban J connectivity index is 1.90. The number of carbonyl (C=O) groups is 1. The topological polar surface area (TPSA) is 97.2 Å². The second-order valence-electron chi connectivity index (χ2n) is 6.14. The van der Waals surface area contributed by atoms with Gasteiger partial charge in [-0.15, -0.1) is 0 Å². The maximum atomic E-state index is 12.5. The van der Waals surface area contributed by atoms with Gasteiger partial charge in [-0.2, -0.15) is 5.10 Å². The number of anilines is 1. The van der Waals surface area contributed by atoms with Crippen molar-refractivity contribution in [2.75, 3.05) is 19.4 Å². The first-order valence-electron chi connectivity index (χ1n) is 7.88. The van der Waals surface area contributed by atoms with E-state index in [1.54, 1.807) is 29.1 Å². The molecule has 26 heavy (non-hydrogen) atoms. The van der Waals surface area contributed by atoms with Crippen molar-refractivity contribution in [1.29, 1.82) is 0 Å². The molecule has 138 valence electrons. The van der Waals surface area contributed by atoms with Gasteiger partial charge in [0.25, 0.3) is 5.91 Å². The zero-order chi connectivity index (χ0) is 19.1. The maximum absolute atomic E-state index is 12.5. The number of hydrogen-bond donors (Lipinski definition) is 1. The van der Waals surface area contributed by atoms with Gasteiger partial charge in [0.1, 0.15) is 5.69 Å². The van der Waals surface area contributed by atoms with Crippen LogP contribution >= 0.6 is 11.3 Å². The summed E-state index contributed by atoms with van der Waals surface area (Å²) in [5.41, 5.74) is 1.07. The lowest BCUT2D eigenvalue weighted by atomic mass is 10.3. The number of nitrogens with one attached hydrogen (secondary N) is 1. The van der Waals surface area contributed by atoms with Gasteiger partial charge in [-0.1, -0.05) is 11.3 Å². The van der Waals surface area contributed by atoms with E-state index in [4.69, 9.17) is 0 Å². The molecule has 0 saturated carbocycles. The lowest BCUT2D eigenvalue weighted by Gasteiger charge is -2.10. The molecule has 2 heterocycles. The SMILES string of the molecule is CC(C)n1nccc1C(=O)Nc1nc2ccc(S(=O)(=O)N(C)C)cc2s1. The van der Waals surface area contributed by atoms with Gasteiger partial charge in [0.15, 0.2) is 5.13 Å². The van der Waals surface area contributed by atoms with E-state index in [-0.39, 0.29) is 16.8 Å². The van der Waals surface area contributed by atoms with Crippen LogP contribution in [0.15, 0.2) is 35.4 Å². The van der Waals surface area contributed by atoms with Gasteiger partial charge in [0, 0.05) is 26.3 Å². The number of amides is 1. The molecule has 3 aromatic rings. The predicted octanol–water partition coefficient (Wildman–Crippen LogP) is 2.58. The number of fused-ring (bicyclic) bond motifs is 1. The van der Waals surface area contributed by atoms with Crippen molar-refractivity contribution >= 4 is 42.6 Å². The monoisotopic (exact) mass is 393 g/mol. The summed E-state index contributed by atoms with van der Waals surface area (Å²) >= 11 is 1.22. The number of benzene rings is 1. The third kappa shape index (κ3) is 3.35. The van der Waals surface area contributed by atoms with E-state index in [1.165, 1.54) is 31.5 Å². The molecule has 0 spiro atoms. The van der Waals surface area contributed by atoms with Crippen LogP contribution < -0.4 is 5.32 Å². The van der Waals surface area contributed by atoms with Crippen molar-refractivity contribution < 1.29 is 13.2 Å². The number of sulfonamides is 1. The summed E-state index contributed by atoms with van der Waals surface area (Å²) < 4.78 is 28.0. The second-order valence-corrected chi connectivity index (χ2v) is 9.33. The van der Waals surface area contributed by atoms with Crippen LogP contribution in [0.2, 0.25) is 0 Å². The first-order valence-corrected chi connectivity index (χ1v) is 10.1. The summed E-state index contributed by atoms with van der Waals surface area (Å²) in [6.45, 7) is 3.88. The van der Waals surface area contributed by atoms with Crippen LogP contribution in [0.4, 0.5) is 5.13 Å². The summed E-state index contributed by atoms with van der Waals surface area (Å²) in [6, 6.07) is 6.41. The van der Waals surface area contributed by atoms with E-state index in [0.29, 0.717) is 21.0 Å². The average Bonchev–Trinajstić information content (AvgIpc) is 3.20. The van der Waals surface area contributed by atoms with E-state index in [9.17, 15) is 13.2 Å². The molecule has 10 heteroatoms. The summed E-state index contributed by atoms with van der Waals surface area (Å²) in [5, 5.41) is 7.31. The quantitative estimate of drug-likeness (QED) is 0.718. The highest BCUT2D eigenvalue weighted by Gasteiger charge is 2.19. The highest BCUT2D eigenvalue weighted by molar-refractivity contribution is 7.89. The molecule has 0 aliphatic heterocycles. The Morgan fingerprint density at radius 2 is 2.00 bits per heavy atom. The number of thiazole rings is 1. The van der Waals surface area contributed by atoms with Gasteiger partial charge >= 0.3 is 0 Å². The summed E-state index contributed by atoms with van der Waals surface area (Å²) in [6.07, 6.45) is 1.58. The van der Waals surface area contributed by atoms with Crippen molar-refractivity contribution in [2.24, 2.45) is 0 Å². The molecule has 0 aliphatic carbocycles. The van der Waals surface area contributed by atoms with Crippen LogP contribution in [0.5, 0.6) is 0 Å². The molecule has 0 aliphatic rings. The molecule has 3 rings (SSSR count). The minimum absolute atomic E-state index is 0.0555. The van der Waals surface area contributed by atoms with Gasteiger partial charge in [0.05, 0.1) is 15.1 Å². The summed E-state index contributed by atoms with van der Waals surface area (Å²) in [5.74, 6) is -0.309. The zero-order valence-corrected chi connectivity index (χ0v) is 16.4. The van der Waals surface area contributed by atoms with Crippen molar-refractivity contribution in [3.8, 4) is 0 Å². The molecule has 8 nitrogen and oxygen atoms in total. The Hall–Kier alpha value is -2.30. The molecule has 1 amide bonds. The molecule has 0 bridgehead atoms. The van der Waals surface area contributed by atoms with Crippen molar-refractivity contribution in [2.45, 2.75) is 24.8 Å². The third-order valence-corrected chi connectivity index (χ3v) is 6.50. The normalized spacial score (nSPS) is 12.2. The number of carbonyl (C=O) groups excluding carboxylic acids is 1. The largest absolute Gasteiger partial charge is 0.296 e. The number of nitrogens with zero attached hydrogens (tertiary/aromatic N) is 4. The zero-order valence-electron chi connectivity index (χ0n) is 14.8. The third-order valence-electron chi connectivity index (χ3n) is 3.75. The Morgan fingerprint density at radius 1 is 1.27 bits per heavy atom. The number of hydrogen-bond acceptors (Lipinski definition) is 6. The van der Waals surface area contributed by atoms with Crippen molar-refractivity contribution in [1.82, 2.24) is 19.1 Å². The molecular formula is C16H19N5O3S2. The van der Waals surface area contributed by atoms with E-state index >= 15 is 0 Å². The number of rotatable bonds is 5. The molecule has 0 unspecified atom stereocenters. The average molecular weight is 393 g/mol. The molecular weight excluding hydrogens is 374 g/mol. The highest BCUT2D eigenvalue weighted by Crippen LogP contribution is 2.29.